The molecular weight excluding hydrogens is 576 g/mol. The zero-order chi connectivity index (χ0) is 29.3. The van der Waals surface area contributed by atoms with E-state index in [4.69, 9.17) is 23.2 Å². The monoisotopic (exact) mass is 607 g/mol. The van der Waals surface area contributed by atoms with Crippen molar-refractivity contribution in [3.8, 4) is 0 Å². The first-order chi connectivity index (χ1) is 19.0. The summed E-state index contributed by atoms with van der Waals surface area (Å²) in [6, 6.07) is 18.3. The average molecular weight is 609 g/mol. The average Bonchev–Trinajstić information content (AvgIpc) is 2.91. The summed E-state index contributed by atoms with van der Waals surface area (Å²) in [6.45, 7) is 1.51. The maximum Gasteiger partial charge on any atom is 0.244 e. The maximum atomic E-state index is 14.8. The van der Waals surface area contributed by atoms with E-state index in [1.165, 1.54) is 41.3 Å². The normalized spacial score (nSPS) is 12.0. The van der Waals surface area contributed by atoms with E-state index in [9.17, 15) is 22.4 Å². The van der Waals surface area contributed by atoms with Crippen molar-refractivity contribution >= 4 is 50.7 Å². The molecule has 0 unspecified atom stereocenters. The summed E-state index contributed by atoms with van der Waals surface area (Å²) >= 11 is 12.1. The Hall–Kier alpha value is -3.14. The molecule has 7 nitrogen and oxygen atoms in total. The predicted molar refractivity (Wildman–Crippen MR) is 157 cm³/mol. The molecule has 0 fully saturated rings. The predicted octanol–water partition coefficient (Wildman–Crippen LogP) is 5.45. The number of nitrogens with one attached hydrogen (secondary N) is 1. The number of amides is 2. The lowest BCUT2D eigenvalue weighted by molar-refractivity contribution is -0.140. The fraction of sp³-hybridized carbons (Fsp3) is 0.310. The summed E-state index contributed by atoms with van der Waals surface area (Å²) in [4.78, 5) is 28.7. The van der Waals surface area contributed by atoms with E-state index < -0.39 is 40.2 Å². The minimum atomic E-state index is -3.97. The van der Waals surface area contributed by atoms with Gasteiger partial charge in [0, 0.05) is 25.1 Å². The van der Waals surface area contributed by atoms with Gasteiger partial charge in [-0.2, -0.15) is 0 Å². The first-order valence-electron chi connectivity index (χ1n) is 12.8. The van der Waals surface area contributed by atoms with Gasteiger partial charge in [-0.15, -0.1) is 0 Å². The standard InChI is InChI=1S/C29H32Cl2FN3O4S/c1-3-4-16-33-29(37)27(17-21-10-6-5-7-11-21)34(19-22-12-8-9-13-26(22)32)28(36)20-35(40(2,38)39)23-14-15-24(30)25(31)18-23/h5-15,18,27H,3-4,16-17,19-20H2,1-2H3,(H,33,37)/t27-/m1/s1. The summed E-state index contributed by atoms with van der Waals surface area (Å²) in [5.41, 5.74) is 1.10. The van der Waals surface area contributed by atoms with Gasteiger partial charge in [0.15, 0.2) is 0 Å². The van der Waals surface area contributed by atoms with E-state index in [1.807, 2.05) is 37.3 Å². The van der Waals surface area contributed by atoms with E-state index in [-0.39, 0.29) is 34.3 Å². The molecule has 0 bridgehead atoms. The van der Waals surface area contributed by atoms with Crippen LogP contribution in [0.25, 0.3) is 0 Å². The second-order valence-corrected chi connectivity index (χ2v) is 12.1. The van der Waals surface area contributed by atoms with E-state index >= 15 is 0 Å². The summed E-state index contributed by atoms with van der Waals surface area (Å²) in [6.07, 6.45) is 2.70. The molecule has 3 rings (SSSR count). The number of halogens is 3. The molecule has 0 heterocycles. The highest BCUT2D eigenvalue weighted by Gasteiger charge is 2.33. The van der Waals surface area contributed by atoms with Crippen LogP contribution >= 0.6 is 23.2 Å². The van der Waals surface area contributed by atoms with Gasteiger partial charge in [-0.3, -0.25) is 13.9 Å². The third-order valence-electron chi connectivity index (χ3n) is 6.27. The number of rotatable bonds is 13. The van der Waals surface area contributed by atoms with Gasteiger partial charge < -0.3 is 10.2 Å². The smallest absolute Gasteiger partial charge is 0.244 e. The van der Waals surface area contributed by atoms with Gasteiger partial charge in [-0.05, 0) is 36.2 Å². The summed E-state index contributed by atoms with van der Waals surface area (Å²) in [5.74, 6) is -1.65. The van der Waals surface area contributed by atoms with Gasteiger partial charge in [-0.25, -0.2) is 12.8 Å². The first kappa shape index (κ1) is 31.4. The lowest BCUT2D eigenvalue weighted by atomic mass is 10.0. The number of carbonyl (C=O) groups is 2. The van der Waals surface area contributed by atoms with Crippen LogP contribution in [0.2, 0.25) is 10.0 Å². The fourth-order valence-electron chi connectivity index (χ4n) is 4.12. The van der Waals surface area contributed by atoms with E-state index in [2.05, 4.69) is 5.32 Å². The second-order valence-electron chi connectivity index (χ2n) is 9.33. The van der Waals surface area contributed by atoms with E-state index in [0.29, 0.717) is 6.54 Å². The van der Waals surface area contributed by atoms with Gasteiger partial charge in [-0.1, -0.05) is 85.1 Å². The Kier molecular flexibility index (Phi) is 11.4. The van der Waals surface area contributed by atoms with Gasteiger partial charge in [0.25, 0.3) is 0 Å². The van der Waals surface area contributed by atoms with Crippen LogP contribution in [-0.2, 0) is 32.6 Å². The van der Waals surface area contributed by atoms with Crippen LogP contribution in [0, 0.1) is 5.82 Å². The molecule has 3 aromatic rings. The lowest BCUT2D eigenvalue weighted by Gasteiger charge is -2.33. The molecule has 1 atom stereocenters. The molecule has 0 saturated carbocycles. The highest BCUT2D eigenvalue weighted by atomic mass is 35.5. The Morgan fingerprint density at radius 2 is 1.65 bits per heavy atom. The van der Waals surface area contributed by atoms with Crippen molar-refractivity contribution in [2.75, 3.05) is 23.7 Å². The Bertz CT molecular complexity index is 1420. The topological polar surface area (TPSA) is 86.8 Å². The van der Waals surface area contributed by atoms with Crippen molar-refractivity contribution in [1.82, 2.24) is 10.2 Å². The van der Waals surface area contributed by atoms with Gasteiger partial charge >= 0.3 is 0 Å². The van der Waals surface area contributed by atoms with Crippen molar-refractivity contribution in [3.05, 3.63) is 99.8 Å². The molecule has 0 aromatic heterocycles. The van der Waals surface area contributed by atoms with Gasteiger partial charge in [0.05, 0.1) is 22.0 Å². The van der Waals surface area contributed by atoms with Crippen LogP contribution in [0.3, 0.4) is 0 Å². The van der Waals surface area contributed by atoms with Crippen molar-refractivity contribution < 1.29 is 22.4 Å². The van der Waals surface area contributed by atoms with Crippen LogP contribution in [-0.4, -0.2) is 50.5 Å². The van der Waals surface area contributed by atoms with E-state index in [0.717, 1.165) is 29.0 Å². The lowest BCUT2D eigenvalue weighted by Crippen LogP contribution is -2.53. The molecule has 11 heteroatoms. The Morgan fingerprint density at radius 3 is 2.27 bits per heavy atom. The number of carbonyl (C=O) groups excluding carboxylic acids is 2. The zero-order valence-electron chi connectivity index (χ0n) is 22.3. The number of unbranched alkanes of at least 4 members (excludes halogenated alkanes) is 1. The third-order valence-corrected chi connectivity index (χ3v) is 8.15. The zero-order valence-corrected chi connectivity index (χ0v) is 24.6. The Labute approximate surface area is 244 Å². The SMILES string of the molecule is CCCCNC(=O)[C@@H](Cc1ccccc1)N(Cc1ccccc1F)C(=O)CN(c1ccc(Cl)c(Cl)c1)S(C)(=O)=O. The Balaban J connectivity index is 2.05. The molecule has 40 heavy (non-hydrogen) atoms. The highest BCUT2D eigenvalue weighted by molar-refractivity contribution is 7.92. The summed E-state index contributed by atoms with van der Waals surface area (Å²) in [7, 11) is -3.97. The van der Waals surface area contributed by atoms with Crippen LogP contribution in [0.4, 0.5) is 10.1 Å². The largest absolute Gasteiger partial charge is 0.354 e. The van der Waals surface area contributed by atoms with Crippen molar-refractivity contribution in [3.63, 3.8) is 0 Å². The van der Waals surface area contributed by atoms with Crippen LogP contribution in [0.1, 0.15) is 30.9 Å². The van der Waals surface area contributed by atoms with Crippen LogP contribution < -0.4 is 9.62 Å². The molecule has 1 N–H and O–H groups in total. The number of nitrogens with zero attached hydrogens (tertiary/aromatic N) is 2. The molecular formula is C29H32Cl2FN3O4S. The molecule has 0 radical (unpaired) electrons. The highest BCUT2D eigenvalue weighted by Crippen LogP contribution is 2.29. The molecule has 0 aliphatic carbocycles. The molecule has 0 saturated heterocycles. The van der Waals surface area contributed by atoms with Crippen LogP contribution in [0.5, 0.6) is 0 Å². The number of benzene rings is 3. The number of anilines is 1. The summed E-state index contributed by atoms with van der Waals surface area (Å²) in [5, 5.41) is 3.21. The molecule has 0 aliphatic rings. The molecule has 214 valence electrons. The fourth-order valence-corrected chi connectivity index (χ4v) is 5.26. The summed E-state index contributed by atoms with van der Waals surface area (Å²) < 4.78 is 41.3. The van der Waals surface area contributed by atoms with Crippen LogP contribution in [0.15, 0.2) is 72.8 Å². The molecule has 3 aromatic carbocycles. The van der Waals surface area contributed by atoms with Crippen molar-refractivity contribution in [1.29, 1.82) is 0 Å². The maximum absolute atomic E-state index is 14.8. The van der Waals surface area contributed by atoms with E-state index in [1.54, 1.807) is 6.07 Å². The van der Waals surface area contributed by atoms with Gasteiger partial charge in [0.2, 0.25) is 21.8 Å². The number of sulfonamides is 1. The second kappa shape index (κ2) is 14.5. The number of hydrogen-bond acceptors (Lipinski definition) is 4. The first-order valence-corrected chi connectivity index (χ1v) is 15.4. The minimum Gasteiger partial charge on any atom is -0.354 e. The Morgan fingerprint density at radius 1 is 0.975 bits per heavy atom. The van der Waals surface area contributed by atoms with Crippen molar-refractivity contribution in [2.45, 2.75) is 38.8 Å². The molecule has 0 spiro atoms. The molecule has 2 amide bonds. The molecule has 0 aliphatic heterocycles. The van der Waals surface area contributed by atoms with Crippen molar-refractivity contribution in [2.24, 2.45) is 0 Å². The van der Waals surface area contributed by atoms with Gasteiger partial charge in [0.1, 0.15) is 18.4 Å². The third kappa shape index (κ3) is 8.68. The quantitative estimate of drug-likeness (QED) is 0.262. The minimum absolute atomic E-state index is 0.112. The number of hydrogen-bond donors (Lipinski definition) is 1.